The zero-order chi connectivity index (χ0) is 11.9. The zero-order valence-corrected chi connectivity index (χ0v) is 10.5. The van der Waals surface area contributed by atoms with Crippen LogP contribution in [0.5, 0.6) is 0 Å². The van der Waals surface area contributed by atoms with Crippen LogP contribution in [0.2, 0.25) is 0 Å². The van der Waals surface area contributed by atoms with E-state index in [9.17, 15) is 4.79 Å². The fraction of sp³-hybridized carbons (Fsp3) is 0.769. The summed E-state index contributed by atoms with van der Waals surface area (Å²) in [5, 5.41) is 0. The van der Waals surface area contributed by atoms with Gasteiger partial charge in [0.05, 0.1) is 0 Å². The lowest BCUT2D eigenvalue weighted by molar-refractivity contribution is 0.0228. The molecule has 16 heavy (non-hydrogen) atoms. The highest BCUT2D eigenvalue weighted by Crippen LogP contribution is 2.38. The molecule has 1 amide bonds. The number of rotatable bonds is 0. The highest BCUT2D eigenvalue weighted by molar-refractivity contribution is 5.69. The molecule has 1 aliphatic carbocycles. The first-order valence-corrected chi connectivity index (χ1v) is 6.01. The molecular weight excluding hydrogens is 202 g/mol. The van der Waals surface area contributed by atoms with Crippen molar-refractivity contribution in [3.8, 4) is 0 Å². The Morgan fingerprint density at radius 2 is 2.12 bits per heavy atom. The summed E-state index contributed by atoms with van der Waals surface area (Å²) in [5.41, 5.74) is 0.887. The Labute approximate surface area is 97.5 Å². The lowest BCUT2D eigenvalue weighted by atomic mass is 9.87. The average Bonchev–Trinajstić information content (AvgIpc) is 2.38. The molecule has 2 aliphatic rings. The SMILES string of the molecule is C=C1CC2CC(C1)N(C(=O)OC(C)(C)C)C2. The monoisotopic (exact) mass is 223 g/mol. The van der Waals surface area contributed by atoms with Crippen LogP contribution in [0, 0.1) is 5.92 Å². The normalized spacial score (nSPS) is 29.4. The van der Waals surface area contributed by atoms with Gasteiger partial charge in [0.1, 0.15) is 5.60 Å². The van der Waals surface area contributed by atoms with Gasteiger partial charge in [0.2, 0.25) is 0 Å². The van der Waals surface area contributed by atoms with Gasteiger partial charge in [-0.2, -0.15) is 0 Å². The van der Waals surface area contributed by atoms with Crippen molar-refractivity contribution < 1.29 is 9.53 Å². The number of carbonyl (C=O) groups is 1. The quantitative estimate of drug-likeness (QED) is 0.591. The van der Waals surface area contributed by atoms with E-state index in [1.807, 2.05) is 25.7 Å². The molecule has 2 unspecified atom stereocenters. The molecule has 2 atom stereocenters. The van der Waals surface area contributed by atoms with Gasteiger partial charge < -0.3 is 9.64 Å². The molecule has 1 aliphatic heterocycles. The molecule has 0 N–H and O–H groups in total. The van der Waals surface area contributed by atoms with Gasteiger partial charge in [-0.3, -0.25) is 0 Å². The van der Waals surface area contributed by atoms with E-state index in [-0.39, 0.29) is 6.09 Å². The Morgan fingerprint density at radius 3 is 2.75 bits per heavy atom. The van der Waals surface area contributed by atoms with E-state index in [0.29, 0.717) is 12.0 Å². The van der Waals surface area contributed by atoms with E-state index >= 15 is 0 Å². The number of ether oxygens (including phenoxy) is 1. The smallest absolute Gasteiger partial charge is 0.410 e. The molecule has 0 aromatic rings. The zero-order valence-electron chi connectivity index (χ0n) is 10.5. The van der Waals surface area contributed by atoms with Crippen LogP contribution >= 0.6 is 0 Å². The second-order valence-corrected chi connectivity index (χ2v) is 6.05. The van der Waals surface area contributed by atoms with Crippen LogP contribution in [0.15, 0.2) is 12.2 Å². The standard InChI is InChI=1S/C13H21NO2/c1-9-5-10-7-11(6-9)14(8-10)12(15)16-13(2,3)4/h10-11H,1,5-8H2,2-4H3. The topological polar surface area (TPSA) is 29.5 Å². The van der Waals surface area contributed by atoms with Crippen LogP contribution in [0.3, 0.4) is 0 Å². The summed E-state index contributed by atoms with van der Waals surface area (Å²) in [6, 6.07) is 0.334. The molecule has 90 valence electrons. The van der Waals surface area contributed by atoms with Crippen molar-refractivity contribution in [1.29, 1.82) is 0 Å². The first-order chi connectivity index (χ1) is 7.35. The molecule has 2 fully saturated rings. The summed E-state index contributed by atoms with van der Waals surface area (Å²) in [4.78, 5) is 13.9. The van der Waals surface area contributed by atoms with Crippen LogP contribution in [0.25, 0.3) is 0 Å². The van der Waals surface area contributed by atoms with E-state index in [1.165, 1.54) is 5.57 Å². The number of nitrogens with zero attached hydrogens (tertiary/aromatic N) is 1. The third-order valence-electron chi connectivity index (χ3n) is 3.23. The van der Waals surface area contributed by atoms with Gasteiger partial charge >= 0.3 is 6.09 Å². The minimum absolute atomic E-state index is 0.158. The maximum atomic E-state index is 12.0. The molecule has 0 radical (unpaired) electrons. The Hall–Kier alpha value is -0.990. The number of amides is 1. The molecule has 2 rings (SSSR count). The number of carbonyl (C=O) groups excluding carboxylic acids is 1. The Balaban J connectivity index is 2.01. The highest BCUT2D eigenvalue weighted by atomic mass is 16.6. The van der Waals surface area contributed by atoms with Gasteiger partial charge in [0.15, 0.2) is 0 Å². The number of fused-ring (bicyclic) bond motifs is 2. The summed E-state index contributed by atoms with van der Waals surface area (Å²) in [5.74, 6) is 0.610. The molecule has 3 heteroatoms. The van der Waals surface area contributed by atoms with Crippen LogP contribution in [0.1, 0.15) is 40.0 Å². The maximum absolute atomic E-state index is 12.0. The van der Waals surface area contributed by atoms with E-state index in [4.69, 9.17) is 4.74 Å². The molecular formula is C13H21NO2. The summed E-state index contributed by atoms with van der Waals surface area (Å²) in [6.45, 7) is 10.6. The van der Waals surface area contributed by atoms with Crippen molar-refractivity contribution in [3.05, 3.63) is 12.2 Å². The number of hydrogen-bond donors (Lipinski definition) is 0. The van der Waals surface area contributed by atoms with E-state index in [0.717, 1.165) is 25.8 Å². The fourth-order valence-corrected chi connectivity index (χ4v) is 2.72. The van der Waals surface area contributed by atoms with E-state index < -0.39 is 5.60 Å². The molecule has 3 nitrogen and oxygen atoms in total. The number of hydrogen-bond acceptors (Lipinski definition) is 2. The van der Waals surface area contributed by atoms with Crippen molar-refractivity contribution in [2.45, 2.75) is 51.7 Å². The summed E-state index contributed by atoms with van der Waals surface area (Å²) < 4.78 is 5.42. The highest BCUT2D eigenvalue weighted by Gasteiger charge is 2.40. The fourth-order valence-electron chi connectivity index (χ4n) is 2.72. The summed E-state index contributed by atoms with van der Waals surface area (Å²) >= 11 is 0. The van der Waals surface area contributed by atoms with Crippen molar-refractivity contribution in [3.63, 3.8) is 0 Å². The van der Waals surface area contributed by atoms with Gasteiger partial charge in [-0.15, -0.1) is 0 Å². The largest absolute Gasteiger partial charge is 0.444 e. The van der Waals surface area contributed by atoms with Crippen molar-refractivity contribution in [2.24, 2.45) is 5.92 Å². The predicted octanol–water partition coefficient (Wildman–Crippen LogP) is 2.96. The van der Waals surface area contributed by atoms with Crippen LogP contribution in [0.4, 0.5) is 4.79 Å². The average molecular weight is 223 g/mol. The Morgan fingerprint density at radius 1 is 1.44 bits per heavy atom. The summed E-state index contributed by atoms with van der Waals surface area (Å²) in [7, 11) is 0. The Kier molecular flexibility index (Phi) is 2.72. The third kappa shape index (κ3) is 2.39. The summed E-state index contributed by atoms with van der Waals surface area (Å²) in [6.07, 6.45) is 3.00. The first kappa shape index (κ1) is 11.5. The molecule has 1 heterocycles. The molecule has 1 saturated carbocycles. The van der Waals surface area contributed by atoms with Crippen LogP contribution in [-0.2, 0) is 4.74 Å². The molecule has 0 spiro atoms. The van der Waals surface area contributed by atoms with Gasteiger partial charge in [0.25, 0.3) is 0 Å². The van der Waals surface area contributed by atoms with Gasteiger partial charge in [-0.25, -0.2) is 4.79 Å². The van der Waals surface area contributed by atoms with Gasteiger partial charge in [-0.1, -0.05) is 12.2 Å². The molecule has 2 bridgehead atoms. The Bertz CT molecular complexity index is 316. The second kappa shape index (κ2) is 3.79. The predicted molar refractivity (Wildman–Crippen MR) is 63.2 cm³/mol. The molecule has 1 saturated heterocycles. The lowest BCUT2D eigenvalue weighted by Crippen LogP contribution is -2.39. The van der Waals surface area contributed by atoms with E-state index in [1.54, 1.807) is 0 Å². The first-order valence-electron chi connectivity index (χ1n) is 6.01. The van der Waals surface area contributed by atoms with Crippen LogP contribution < -0.4 is 0 Å². The van der Waals surface area contributed by atoms with Crippen LogP contribution in [-0.4, -0.2) is 29.2 Å². The number of likely N-dealkylation sites (tertiary alicyclic amines) is 1. The lowest BCUT2D eigenvalue weighted by Gasteiger charge is -2.28. The third-order valence-corrected chi connectivity index (χ3v) is 3.23. The molecule has 0 aromatic heterocycles. The van der Waals surface area contributed by atoms with E-state index in [2.05, 4.69) is 6.58 Å². The van der Waals surface area contributed by atoms with Gasteiger partial charge in [-0.05, 0) is 46.0 Å². The minimum atomic E-state index is -0.398. The molecule has 0 aromatic carbocycles. The van der Waals surface area contributed by atoms with Crippen molar-refractivity contribution in [2.75, 3.05) is 6.54 Å². The second-order valence-electron chi connectivity index (χ2n) is 6.05. The van der Waals surface area contributed by atoms with Crippen molar-refractivity contribution in [1.82, 2.24) is 4.90 Å². The van der Waals surface area contributed by atoms with Crippen molar-refractivity contribution >= 4 is 6.09 Å². The maximum Gasteiger partial charge on any atom is 0.410 e. The minimum Gasteiger partial charge on any atom is -0.444 e. The van der Waals surface area contributed by atoms with Gasteiger partial charge in [0, 0.05) is 12.6 Å².